The molecule has 1 heterocycles. The Hall–Kier alpha value is -1.03. The molecular weight excluding hydrogens is 354 g/mol. The smallest absolute Gasteiger partial charge is 0.169 e. The van der Waals surface area contributed by atoms with E-state index in [4.69, 9.17) is 22.5 Å². The summed E-state index contributed by atoms with van der Waals surface area (Å²) in [6, 6.07) is 9.57. The van der Waals surface area contributed by atoms with Gasteiger partial charge in [-0.3, -0.25) is 0 Å². The van der Waals surface area contributed by atoms with Crippen molar-refractivity contribution in [2.45, 2.75) is 32.1 Å². The van der Waals surface area contributed by atoms with E-state index in [2.05, 4.69) is 11.0 Å². The van der Waals surface area contributed by atoms with Crippen molar-refractivity contribution >= 4 is 50.9 Å². The van der Waals surface area contributed by atoms with Gasteiger partial charge in [0.25, 0.3) is 0 Å². The van der Waals surface area contributed by atoms with Crippen LogP contribution in [0.1, 0.15) is 37.7 Å². The number of amidine groups is 1. The Labute approximate surface area is 157 Å². The van der Waals surface area contributed by atoms with Crippen molar-refractivity contribution in [3.8, 4) is 6.07 Å². The third kappa shape index (κ3) is 3.96. The first-order valence-corrected chi connectivity index (χ1v) is 10.8. The molecule has 0 radical (unpaired) electrons. The van der Waals surface area contributed by atoms with Gasteiger partial charge in [0.2, 0.25) is 0 Å². The maximum atomic E-state index is 8.92. The van der Waals surface area contributed by atoms with Gasteiger partial charge in [0, 0.05) is 12.3 Å². The molecule has 1 saturated carbocycles. The first kappa shape index (κ1) is 17.8. The third-order valence-electron chi connectivity index (χ3n) is 4.76. The van der Waals surface area contributed by atoms with Gasteiger partial charge in [-0.15, -0.1) is 0 Å². The van der Waals surface area contributed by atoms with Gasteiger partial charge < -0.3 is 4.90 Å². The summed E-state index contributed by atoms with van der Waals surface area (Å²) in [5.41, 5.74) is 1.93. The molecule has 1 aliphatic heterocycles. The van der Waals surface area contributed by atoms with E-state index in [9.17, 15) is 0 Å². The molecule has 1 aromatic rings. The second-order valence-electron chi connectivity index (χ2n) is 6.46. The lowest BCUT2D eigenvalue weighted by Crippen LogP contribution is -2.48. The molecule has 3 nitrogen and oxygen atoms in total. The number of rotatable bonds is 1. The van der Waals surface area contributed by atoms with Crippen LogP contribution in [0.4, 0.5) is 5.69 Å². The summed E-state index contributed by atoms with van der Waals surface area (Å²) < 4.78 is 0.902. The highest BCUT2D eigenvalue weighted by molar-refractivity contribution is 8.23. The molecule has 0 aromatic heterocycles. The monoisotopic (exact) mass is 375 g/mol. The van der Waals surface area contributed by atoms with Crippen molar-refractivity contribution in [1.82, 2.24) is 4.90 Å². The zero-order valence-electron chi connectivity index (χ0n) is 13.8. The summed E-state index contributed by atoms with van der Waals surface area (Å²) in [6.45, 7) is 0.995. The van der Waals surface area contributed by atoms with Crippen molar-refractivity contribution in [1.29, 1.82) is 5.26 Å². The normalized spacial score (nSPS) is 21.7. The van der Waals surface area contributed by atoms with E-state index in [-0.39, 0.29) is 0 Å². The number of hydrogen-bond acceptors (Lipinski definition) is 5. The number of nitriles is 1. The van der Waals surface area contributed by atoms with Crippen molar-refractivity contribution in [3.63, 3.8) is 0 Å². The molecule has 0 amide bonds. The highest BCUT2D eigenvalue weighted by Gasteiger charge is 2.40. The summed E-state index contributed by atoms with van der Waals surface area (Å²) in [5.74, 6) is 1.13. The van der Waals surface area contributed by atoms with E-state index >= 15 is 0 Å². The number of thiocarbonyl (C=S) groups is 1. The minimum Gasteiger partial charge on any atom is -0.306 e. The molecule has 0 atom stereocenters. The Morgan fingerprint density at radius 3 is 2.62 bits per heavy atom. The predicted octanol–water partition coefficient (Wildman–Crippen LogP) is 5.19. The lowest BCUT2D eigenvalue weighted by molar-refractivity contribution is 0.194. The maximum Gasteiger partial charge on any atom is 0.169 e. The van der Waals surface area contributed by atoms with E-state index in [0.717, 1.165) is 27.5 Å². The maximum absolute atomic E-state index is 8.92. The molecule has 2 aliphatic rings. The molecule has 126 valence electrons. The average molecular weight is 376 g/mol. The van der Waals surface area contributed by atoms with Crippen molar-refractivity contribution in [3.05, 3.63) is 29.8 Å². The van der Waals surface area contributed by atoms with Crippen LogP contribution >= 0.6 is 35.7 Å². The van der Waals surface area contributed by atoms with Crippen LogP contribution in [0, 0.1) is 16.7 Å². The van der Waals surface area contributed by atoms with Gasteiger partial charge >= 0.3 is 0 Å². The largest absolute Gasteiger partial charge is 0.306 e. The Morgan fingerprint density at radius 2 is 2.00 bits per heavy atom. The molecule has 1 spiro atoms. The molecule has 6 heteroatoms. The van der Waals surface area contributed by atoms with Crippen LogP contribution in [-0.4, -0.2) is 32.9 Å². The fourth-order valence-electron chi connectivity index (χ4n) is 3.41. The fourth-order valence-corrected chi connectivity index (χ4v) is 5.35. The van der Waals surface area contributed by atoms with Crippen LogP contribution in [0.5, 0.6) is 0 Å². The number of benzene rings is 1. The molecule has 2 fully saturated rings. The van der Waals surface area contributed by atoms with Gasteiger partial charge in [-0.2, -0.15) is 5.26 Å². The van der Waals surface area contributed by atoms with Crippen molar-refractivity contribution in [2.75, 3.05) is 18.6 Å². The van der Waals surface area contributed by atoms with Gasteiger partial charge in [0.05, 0.1) is 17.3 Å². The molecule has 1 aromatic carbocycles. The first-order valence-electron chi connectivity index (χ1n) is 8.23. The summed E-state index contributed by atoms with van der Waals surface area (Å²) in [7, 11) is 0. The van der Waals surface area contributed by atoms with Gasteiger partial charge in [-0.05, 0) is 48.8 Å². The standard InChI is InChI=1S/C18H21N3S3/c1-23-17(22)21-12-18(9-3-2-4-10-18)13-24-16(21)20-15-7-5-14(11-19)6-8-15/h5-8H,2-4,9-10,12-13H2,1H3. The number of nitrogens with zero attached hydrogens (tertiary/aromatic N) is 3. The second kappa shape index (κ2) is 7.90. The zero-order valence-corrected chi connectivity index (χ0v) is 16.3. The summed E-state index contributed by atoms with van der Waals surface area (Å²) in [4.78, 5) is 7.05. The number of aliphatic imine (C=N–C) groups is 1. The van der Waals surface area contributed by atoms with Gasteiger partial charge in [0.15, 0.2) is 5.17 Å². The van der Waals surface area contributed by atoms with Crippen LogP contribution in [0.3, 0.4) is 0 Å². The number of hydrogen-bond donors (Lipinski definition) is 0. The van der Waals surface area contributed by atoms with E-state index in [1.165, 1.54) is 32.1 Å². The molecule has 0 unspecified atom stereocenters. The van der Waals surface area contributed by atoms with E-state index in [1.807, 2.05) is 42.3 Å². The Bertz CT molecular complexity index is 670. The third-order valence-corrected chi connectivity index (χ3v) is 7.38. The quantitative estimate of drug-likeness (QED) is 0.631. The van der Waals surface area contributed by atoms with E-state index in [1.54, 1.807) is 11.8 Å². The van der Waals surface area contributed by atoms with Gasteiger partial charge in [-0.25, -0.2) is 4.99 Å². The molecule has 1 saturated heterocycles. The molecule has 0 bridgehead atoms. The van der Waals surface area contributed by atoms with E-state index < -0.39 is 0 Å². The molecule has 24 heavy (non-hydrogen) atoms. The highest BCUT2D eigenvalue weighted by atomic mass is 32.2. The minimum absolute atomic E-state index is 0.395. The average Bonchev–Trinajstić information content (AvgIpc) is 2.64. The lowest BCUT2D eigenvalue weighted by atomic mass is 9.75. The molecule has 1 aliphatic carbocycles. The summed E-state index contributed by atoms with van der Waals surface area (Å²) >= 11 is 9.07. The van der Waals surface area contributed by atoms with Gasteiger partial charge in [0.1, 0.15) is 4.32 Å². The SMILES string of the molecule is CSC(=S)N1CC2(CCCCC2)CSC1=Nc1ccc(C#N)cc1. The second-order valence-corrected chi connectivity index (χ2v) is 8.84. The van der Waals surface area contributed by atoms with Crippen LogP contribution < -0.4 is 0 Å². The number of thioether (sulfide) groups is 2. The summed E-state index contributed by atoms with van der Waals surface area (Å²) in [5, 5.41) is 9.92. The van der Waals surface area contributed by atoms with Crippen LogP contribution in [-0.2, 0) is 0 Å². The topological polar surface area (TPSA) is 39.4 Å². The first-order chi connectivity index (χ1) is 11.7. The van der Waals surface area contributed by atoms with Crippen LogP contribution in [0.15, 0.2) is 29.3 Å². The van der Waals surface area contributed by atoms with Crippen molar-refractivity contribution in [2.24, 2.45) is 10.4 Å². The lowest BCUT2D eigenvalue weighted by Gasteiger charge is -2.45. The molecule has 3 rings (SSSR count). The Morgan fingerprint density at radius 1 is 1.29 bits per heavy atom. The van der Waals surface area contributed by atoms with Crippen molar-refractivity contribution < 1.29 is 0 Å². The van der Waals surface area contributed by atoms with E-state index in [0.29, 0.717) is 11.0 Å². The minimum atomic E-state index is 0.395. The Kier molecular flexibility index (Phi) is 5.85. The summed E-state index contributed by atoms with van der Waals surface area (Å²) in [6.07, 6.45) is 8.68. The zero-order chi connectivity index (χ0) is 17.0. The fraction of sp³-hybridized carbons (Fsp3) is 0.500. The van der Waals surface area contributed by atoms with Gasteiger partial charge in [-0.1, -0.05) is 55.0 Å². The van der Waals surface area contributed by atoms with Crippen LogP contribution in [0.25, 0.3) is 0 Å². The predicted molar refractivity (Wildman–Crippen MR) is 109 cm³/mol. The molecular formula is C18H21N3S3. The highest BCUT2D eigenvalue weighted by Crippen LogP contribution is 2.44. The molecule has 0 N–H and O–H groups in total. The van der Waals surface area contributed by atoms with Crippen LogP contribution in [0.2, 0.25) is 0 Å². The Balaban J connectivity index is 1.84.